The molecule has 1 saturated carbocycles. The summed E-state index contributed by atoms with van der Waals surface area (Å²) in [5, 5.41) is 0. The SMILES string of the molecule is C[N+](C)(CCCOc1ccc2c(c1)OCO2)C1CCCC1.[Cl-]. The Bertz CT molecular complexity index is 487. The Labute approximate surface area is 139 Å². The molecule has 124 valence electrons. The first kappa shape index (κ1) is 17.2. The Balaban J connectivity index is 0.00000176. The lowest BCUT2D eigenvalue weighted by Crippen LogP contribution is -3.00. The van der Waals surface area contributed by atoms with Crippen LogP contribution in [-0.2, 0) is 0 Å². The van der Waals surface area contributed by atoms with Gasteiger partial charge in [-0.05, 0) is 37.8 Å². The van der Waals surface area contributed by atoms with Crippen LogP contribution in [0.2, 0.25) is 0 Å². The second-order valence-corrected chi connectivity index (χ2v) is 6.66. The molecule has 1 heterocycles. The summed E-state index contributed by atoms with van der Waals surface area (Å²) in [6, 6.07) is 6.62. The zero-order chi connectivity index (χ0) is 14.7. The molecule has 1 aliphatic carbocycles. The number of benzene rings is 1. The number of halogens is 1. The molecule has 2 aliphatic rings. The van der Waals surface area contributed by atoms with Gasteiger partial charge in [0.25, 0.3) is 0 Å². The van der Waals surface area contributed by atoms with Crippen molar-refractivity contribution in [2.45, 2.75) is 38.1 Å². The number of ether oxygens (including phenoxy) is 3. The first-order chi connectivity index (χ1) is 10.1. The largest absolute Gasteiger partial charge is 1.00 e. The maximum Gasteiger partial charge on any atom is 0.231 e. The predicted molar refractivity (Wildman–Crippen MR) is 81.9 cm³/mol. The number of hydrogen-bond donors (Lipinski definition) is 0. The highest BCUT2D eigenvalue weighted by molar-refractivity contribution is 5.46. The van der Waals surface area contributed by atoms with Crippen LogP contribution in [0.3, 0.4) is 0 Å². The first-order valence-corrected chi connectivity index (χ1v) is 8.00. The van der Waals surface area contributed by atoms with Gasteiger partial charge in [0.15, 0.2) is 11.5 Å². The topological polar surface area (TPSA) is 27.7 Å². The summed E-state index contributed by atoms with van der Waals surface area (Å²) in [7, 11) is 4.72. The number of nitrogens with zero attached hydrogens (tertiary/aromatic N) is 1. The molecule has 1 aromatic rings. The second-order valence-electron chi connectivity index (χ2n) is 6.66. The number of quaternary nitrogens is 1. The van der Waals surface area contributed by atoms with E-state index in [4.69, 9.17) is 14.2 Å². The van der Waals surface area contributed by atoms with Crippen LogP contribution in [0.5, 0.6) is 17.2 Å². The summed E-state index contributed by atoms with van der Waals surface area (Å²) >= 11 is 0. The predicted octanol–water partition coefficient (Wildman–Crippen LogP) is 0.207. The molecule has 0 N–H and O–H groups in total. The maximum atomic E-state index is 5.84. The minimum atomic E-state index is 0. The molecule has 0 spiro atoms. The second kappa shape index (κ2) is 7.42. The molecule has 22 heavy (non-hydrogen) atoms. The molecule has 0 amide bonds. The van der Waals surface area contributed by atoms with E-state index < -0.39 is 0 Å². The summed E-state index contributed by atoms with van der Waals surface area (Å²) in [4.78, 5) is 0. The van der Waals surface area contributed by atoms with E-state index in [2.05, 4.69) is 14.1 Å². The summed E-state index contributed by atoms with van der Waals surface area (Å²) < 4.78 is 17.6. The first-order valence-electron chi connectivity index (χ1n) is 8.00. The summed E-state index contributed by atoms with van der Waals surface area (Å²) in [5.74, 6) is 2.46. The van der Waals surface area contributed by atoms with Crippen molar-refractivity contribution < 1.29 is 31.1 Å². The van der Waals surface area contributed by atoms with Crippen LogP contribution in [0.15, 0.2) is 18.2 Å². The molecular formula is C17H26ClNO3. The van der Waals surface area contributed by atoms with Crippen molar-refractivity contribution in [3.63, 3.8) is 0 Å². The van der Waals surface area contributed by atoms with Crippen LogP contribution < -0.4 is 26.6 Å². The molecule has 0 radical (unpaired) electrons. The van der Waals surface area contributed by atoms with E-state index in [9.17, 15) is 0 Å². The monoisotopic (exact) mass is 327 g/mol. The zero-order valence-electron chi connectivity index (χ0n) is 13.5. The Hall–Kier alpha value is -1.13. The summed E-state index contributed by atoms with van der Waals surface area (Å²) in [6.07, 6.45) is 6.66. The third-order valence-electron chi connectivity index (χ3n) is 4.80. The number of hydrogen-bond acceptors (Lipinski definition) is 3. The fourth-order valence-corrected chi connectivity index (χ4v) is 3.41. The Morgan fingerprint density at radius 2 is 1.86 bits per heavy atom. The van der Waals surface area contributed by atoms with Crippen molar-refractivity contribution in [2.75, 3.05) is 34.0 Å². The molecule has 5 heteroatoms. The van der Waals surface area contributed by atoms with E-state index in [1.165, 1.54) is 32.2 Å². The molecule has 0 bridgehead atoms. The van der Waals surface area contributed by atoms with Gasteiger partial charge in [0.2, 0.25) is 6.79 Å². The van der Waals surface area contributed by atoms with Crippen molar-refractivity contribution >= 4 is 0 Å². The minimum Gasteiger partial charge on any atom is -1.00 e. The van der Waals surface area contributed by atoms with Crippen LogP contribution in [0.4, 0.5) is 0 Å². The summed E-state index contributed by atoms with van der Waals surface area (Å²) in [6.45, 7) is 2.25. The lowest BCUT2D eigenvalue weighted by molar-refractivity contribution is -0.914. The molecule has 0 atom stereocenters. The zero-order valence-corrected chi connectivity index (χ0v) is 14.3. The molecule has 1 aliphatic heterocycles. The fourth-order valence-electron chi connectivity index (χ4n) is 3.41. The van der Waals surface area contributed by atoms with Crippen molar-refractivity contribution in [2.24, 2.45) is 0 Å². The lowest BCUT2D eigenvalue weighted by atomic mass is 10.1. The summed E-state index contributed by atoms with van der Waals surface area (Å²) in [5.41, 5.74) is 0. The van der Waals surface area contributed by atoms with E-state index in [1.54, 1.807) is 0 Å². The minimum absolute atomic E-state index is 0. The molecule has 1 aromatic carbocycles. The normalized spacial score (nSPS) is 17.4. The van der Waals surface area contributed by atoms with Crippen molar-refractivity contribution in [3.05, 3.63) is 18.2 Å². The maximum absolute atomic E-state index is 5.84. The highest BCUT2D eigenvalue weighted by Gasteiger charge is 2.30. The standard InChI is InChI=1S/C17H26NO3.ClH/c1-18(2,14-6-3-4-7-14)10-5-11-19-15-8-9-16-17(12-15)21-13-20-16;/h8-9,12,14H,3-7,10-11,13H2,1-2H3;1H/q+1;/p-1. The molecule has 1 fully saturated rings. The van der Waals surface area contributed by atoms with Crippen molar-refractivity contribution in [1.29, 1.82) is 0 Å². The van der Waals surface area contributed by atoms with Gasteiger partial charge < -0.3 is 31.1 Å². The highest BCUT2D eigenvalue weighted by Crippen LogP contribution is 2.35. The van der Waals surface area contributed by atoms with Gasteiger partial charge in [-0.1, -0.05) is 0 Å². The van der Waals surface area contributed by atoms with Crippen LogP contribution in [0.1, 0.15) is 32.1 Å². The van der Waals surface area contributed by atoms with Crippen LogP contribution in [0.25, 0.3) is 0 Å². The quantitative estimate of drug-likeness (QED) is 0.552. The average molecular weight is 328 g/mol. The van der Waals surface area contributed by atoms with Gasteiger partial charge in [-0.2, -0.15) is 0 Å². The lowest BCUT2D eigenvalue weighted by Gasteiger charge is -2.36. The third kappa shape index (κ3) is 3.99. The third-order valence-corrected chi connectivity index (χ3v) is 4.80. The van der Waals surface area contributed by atoms with Crippen molar-refractivity contribution in [3.8, 4) is 17.2 Å². The van der Waals surface area contributed by atoms with E-state index in [0.29, 0.717) is 6.79 Å². The van der Waals surface area contributed by atoms with E-state index >= 15 is 0 Å². The van der Waals surface area contributed by atoms with Crippen LogP contribution in [0, 0.1) is 0 Å². The number of fused-ring (bicyclic) bond motifs is 1. The highest BCUT2D eigenvalue weighted by atomic mass is 35.5. The van der Waals surface area contributed by atoms with Crippen molar-refractivity contribution in [1.82, 2.24) is 0 Å². The van der Waals surface area contributed by atoms with Gasteiger partial charge in [-0.25, -0.2) is 0 Å². The van der Waals surface area contributed by atoms with Crippen LogP contribution in [-0.4, -0.2) is 44.6 Å². The molecule has 0 unspecified atom stereocenters. The van der Waals surface area contributed by atoms with Gasteiger partial charge >= 0.3 is 0 Å². The van der Waals surface area contributed by atoms with Crippen LogP contribution >= 0.6 is 0 Å². The smallest absolute Gasteiger partial charge is 0.231 e. The molecular weight excluding hydrogens is 302 g/mol. The molecule has 0 saturated heterocycles. The average Bonchev–Trinajstić information content (AvgIpc) is 3.14. The van der Waals surface area contributed by atoms with Gasteiger partial charge in [-0.15, -0.1) is 0 Å². The Morgan fingerprint density at radius 3 is 2.64 bits per heavy atom. The van der Waals surface area contributed by atoms with E-state index in [1.807, 2.05) is 18.2 Å². The van der Waals surface area contributed by atoms with Gasteiger partial charge in [-0.3, -0.25) is 0 Å². The van der Waals surface area contributed by atoms with Gasteiger partial charge in [0.05, 0.1) is 33.3 Å². The Morgan fingerprint density at radius 1 is 1.14 bits per heavy atom. The van der Waals surface area contributed by atoms with Gasteiger partial charge in [0, 0.05) is 12.5 Å². The van der Waals surface area contributed by atoms with E-state index in [0.717, 1.165) is 40.8 Å². The van der Waals surface area contributed by atoms with E-state index in [-0.39, 0.29) is 12.4 Å². The molecule has 4 nitrogen and oxygen atoms in total. The molecule has 3 rings (SSSR count). The molecule has 0 aromatic heterocycles. The fraction of sp³-hybridized carbons (Fsp3) is 0.647. The van der Waals surface area contributed by atoms with Gasteiger partial charge in [0.1, 0.15) is 5.75 Å². The number of rotatable bonds is 6. The Kier molecular flexibility index (Phi) is 5.81.